The van der Waals surface area contributed by atoms with Crippen LogP contribution in [0.2, 0.25) is 0 Å². The molecule has 6 heteroatoms. The van der Waals surface area contributed by atoms with Gasteiger partial charge in [-0.1, -0.05) is 231 Å². The second-order valence-electron chi connectivity index (χ2n) is 18.1. The molecule has 0 aromatic carbocycles. The maximum atomic E-state index is 12.8. The number of unbranched alkanes of at least 4 members (excludes halogenated alkanes) is 16. The summed E-state index contributed by atoms with van der Waals surface area (Å²) < 4.78 is 16.7. The Hall–Kier alpha value is -4.45. The summed E-state index contributed by atoms with van der Waals surface area (Å²) in [5, 5.41) is 0. The Bertz CT molecular complexity index is 1530. The van der Waals surface area contributed by atoms with Crippen LogP contribution >= 0.6 is 0 Å². The van der Waals surface area contributed by atoms with Crippen molar-refractivity contribution < 1.29 is 28.6 Å². The first-order valence-corrected chi connectivity index (χ1v) is 28.2. The van der Waals surface area contributed by atoms with Crippen molar-refractivity contribution in [2.24, 2.45) is 0 Å². The molecule has 0 N–H and O–H groups in total. The molecule has 1 atom stereocenters. The number of esters is 3. The van der Waals surface area contributed by atoms with E-state index in [1.54, 1.807) is 0 Å². The minimum Gasteiger partial charge on any atom is -0.462 e. The second kappa shape index (κ2) is 57.1. The second-order valence-corrected chi connectivity index (χ2v) is 18.1. The van der Waals surface area contributed by atoms with Crippen molar-refractivity contribution in [2.75, 3.05) is 13.2 Å². The predicted molar refractivity (Wildman–Crippen MR) is 302 cm³/mol. The zero-order chi connectivity index (χ0) is 50.7. The van der Waals surface area contributed by atoms with Gasteiger partial charge in [0, 0.05) is 19.3 Å². The molecule has 0 heterocycles. The van der Waals surface area contributed by atoms with Gasteiger partial charge < -0.3 is 14.2 Å². The van der Waals surface area contributed by atoms with Crippen LogP contribution in [-0.4, -0.2) is 37.2 Å². The Morgan fingerprint density at radius 1 is 0.300 bits per heavy atom. The van der Waals surface area contributed by atoms with E-state index in [1.165, 1.54) is 44.9 Å². The van der Waals surface area contributed by atoms with E-state index in [0.29, 0.717) is 19.3 Å². The fourth-order valence-electron chi connectivity index (χ4n) is 7.24. The van der Waals surface area contributed by atoms with Crippen molar-refractivity contribution in [3.8, 4) is 0 Å². The predicted octanol–water partition coefficient (Wildman–Crippen LogP) is 19.0. The Kier molecular flexibility index (Phi) is 53.5. The number of ether oxygens (including phenoxy) is 3. The molecule has 0 aliphatic carbocycles. The first kappa shape index (κ1) is 65.5. The molecule has 0 rings (SSSR count). The highest BCUT2D eigenvalue weighted by Gasteiger charge is 2.19. The topological polar surface area (TPSA) is 78.9 Å². The average Bonchev–Trinajstić information content (AvgIpc) is 3.36. The summed E-state index contributed by atoms with van der Waals surface area (Å²) in [4.78, 5) is 37.8. The van der Waals surface area contributed by atoms with E-state index >= 15 is 0 Å². The minimum absolute atomic E-state index is 0.0954. The summed E-state index contributed by atoms with van der Waals surface area (Å²) in [6, 6.07) is 0. The Balaban J connectivity index is 4.22. The van der Waals surface area contributed by atoms with Crippen molar-refractivity contribution in [3.05, 3.63) is 134 Å². The Labute approximate surface area is 430 Å². The molecule has 0 aromatic heterocycles. The molecule has 0 bridgehead atoms. The Morgan fingerprint density at radius 3 is 0.871 bits per heavy atom. The van der Waals surface area contributed by atoms with E-state index in [0.717, 1.165) is 148 Å². The molecular weight excluding hydrogens is 865 g/mol. The third-order valence-corrected chi connectivity index (χ3v) is 11.4. The van der Waals surface area contributed by atoms with Crippen LogP contribution in [0.5, 0.6) is 0 Å². The quantitative estimate of drug-likeness (QED) is 0.0262. The molecule has 0 radical (unpaired) electrons. The number of carbonyl (C=O) groups excluding carboxylic acids is 3. The molecule has 0 aliphatic heterocycles. The van der Waals surface area contributed by atoms with Crippen LogP contribution in [0.3, 0.4) is 0 Å². The summed E-state index contributed by atoms with van der Waals surface area (Å²) in [6.07, 6.45) is 80.4. The minimum atomic E-state index is -0.797. The molecule has 0 fully saturated rings. The van der Waals surface area contributed by atoms with E-state index < -0.39 is 6.10 Å². The van der Waals surface area contributed by atoms with Gasteiger partial charge >= 0.3 is 17.9 Å². The van der Waals surface area contributed by atoms with Crippen LogP contribution in [-0.2, 0) is 28.6 Å². The SMILES string of the molecule is CC/C=C\C/C=C\C/C=C\C/C=C\C/C=C\C/C=C\C/C=C\CCCCCCCCCC(=O)OCC(COC(=O)CCCCCCCC)OC(=O)CCCCCC/C=C\C/C=C\C/C=C\C/C=C\CC. The largest absolute Gasteiger partial charge is 0.462 e. The molecule has 6 nitrogen and oxygen atoms in total. The molecule has 0 saturated heterocycles. The van der Waals surface area contributed by atoms with Crippen molar-refractivity contribution >= 4 is 17.9 Å². The Morgan fingerprint density at radius 2 is 0.557 bits per heavy atom. The molecule has 0 aromatic rings. The van der Waals surface area contributed by atoms with E-state index in [1.807, 2.05) is 0 Å². The van der Waals surface area contributed by atoms with E-state index in [2.05, 4.69) is 154 Å². The first-order valence-electron chi connectivity index (χ1n) is 28.2. The van der Waals surface area contributed by atoms with Crippen LogP contribution < -0.4 is 0 Å². The highest BCUT2D eigenvalue weighted by atomic mass is 16.6. The van der Waals surface area contributed by atoms with Crippen LogP contribution in [0.4, 0.5) is 0 Å². The lowest BCUT2D eigenvalue weighted by molar-refractivity contribution is -0.167. The summed E-state index contributed by atoms with van der Waals surface area (Å²) in [5.41, 5.74) is 0. The van der Waals surface area contributed by atoms with Gasteiger partial charge in [0.25, 0.3) is 0 Å². The number of carbonyl (C=O) groups is 3. The summed E-state index contributed by atoms with van der Waals surface area (Å²) in [5.74, 6) is -0.947. The molecule has 0 amide bonds. The lowest BCUT2D eigenvalue weighted by Crippen LogP contribution is -2.30. The standard InChI is InChI=1S/C64H102O6/c1-4-7-10-13-16-18-20-22-24-26-27-28-29-30-31-32-33-34-35-36-37-39-40-42-44-46-48-51-54-57-63(66)69-60-61(59-68-62(65)56-53-50-15-12-9-6-3)70-64(67)58-55-52-49-47-45-43-41-38-25-23-21-19-17-14-11-8-5-2/h7-8,10-11,16-19,22-25,27-28,30-31,33-34,36-37,41,43,61H,4-6,9,12-15,20-21,26,29,32,35,38-40,42,44-60H2,1-3H3/b10-7-,11-8-,18-16-,19-17-,24-22-,25-23-,28-27-,31-30-,34-33-,37-36-,43-41-. The van der Waals surface area contributed by atoms with Gasteiger partial charge in [0.2, 0.25) is 0 Å². The highest BCUT2D eigenvalue weighted by Crippen LogP contribution is 2.13. The summed E-state index contributed by atoms with van der Waals surface area (Å²) in [6.45, 7) is 6.30. The van der Waals surface area contributed by atoms with Gasteiger partial charge in [-0.15, -0.1) is 0 Å². The third kappa shape index (κ3) is 54.5. The first-order chi connectivity index (χ1) is 34.5. The molecule has 0 saturated carbocycles. The monoisotopic (exact) mass is 967 g/mol. The van der Waals surface area contributed by atoms with Gasteiger partial charge in [0.15, 0.2) is 6.10 Å². The van der Waals surface area contributed by atoms with Gasteiger partial charge in [-0.05, 0) is 116 Å². The van der Waals surface area contributed by atoms with E-state index in [4.69, 9.17) is 14.2 Å². The van der Waals surface area contributed by atoms with E-state index in [-0.39, 0.29) is 31.1 Å². The van der Waals surface area contributed by atoms with Gasteiger partial charge in [-0.25, -0.2) is 0 Å². The maximum absolute atomic E-state index is 12.8. The van der Waals surface area contributed by atoms with Crippen molar-refractivity contribution in [3.63, 3.8) is 0 Å². The van der Waals surface area contributed by atoms with Crippen LogP contribution in [0.15, 0.2) is 134 Å². The lowest BCUT2D eigenvalue weighted by Gasteiger charge is -2.18. The molecule has 1 unspecified atom stereocenters. The van der Waals surface area contributed by atoms with Crippen molar-refractivity contribution in [1.29, 1.82) is 0 Å². The smallest absolute Gasteiger partial charge is 0.306 e. The normalized spacial score (nSPS) is 13.1. The molecule has 394 valence electrons. The van der Waals surface area contributed by atoms with Crippen LogP contribution in [0, 0.1) is 0 Å². The van der Waals surface area contributed by atoms with Gasteiger partial charge in [-0.2, -0.15) is 0 Å². The highest BCUT2D eigenvalue weighted by molar-refractivity contribution is 5.71. The molecule has 0 spiro atoms. The van der Waals surface area contributed by atoms with Crippen molar-refractivity contribution in [1.82, 2.24) is 0 Å². The third-order valence-electron chi connectivity index (χ3n) is 11.4. The number of hydrogen-bond donors (Lipinski definition) is 0. The lowest BCUT2D eigenvalue weighted by atomic mass is 10.1. The molecule has 70 heavy (non-hydrogen) atoms. The number of rotatable bonds is 49. The number of allylic oxidation sites excluding steroid dienone is 22. The van der Waals surface area contributed by atoms with Gasteiger partial charge in [0.05, 0.1) is 0 Å². The van der Waals surface area contributed by atoms with E-state index in [9.17, 15) is 14.4 Å². The zero-order valence-electron chi connectivity index (χ0n) is 45.0. The van der Waals surface area contributed by atoms with Crippen LogP contribution in [0.1, 0.15) is 233 Å². The van der Waals surface area contributed by atoms with Gasteiger partial charge in [0.1, 0.15) is 13.2 Å². The zero-order valence-corrected chi connectivity index (χ0v) is 45.0. The van der Waals surface area contributed by atoms with Crippen molar-refractivity contribution in [2.45, 2.75) is 239 Å². The average molecular weight is 968 g/mol. The molecule has 0 aliphatic rings. The maximum Gasteiger partial charge on any atom is 0.306 e. The number of hydrogen-bond acceptors (Lipinski definition) is 6. The fraction of sp³-hybridized carbons (Fsp3) is 0.609. The van der Waals surface area contributed by atoms with Crippen LogP contribution in [0.25, 0.3) is 0 Å². The summed E-state index contributed by atoms with van der Waals surface area (Å²) in [7, 11) is 0. The fourth-order valence-corrected chi connectivity index (χ4v) is 7.24. The molecular formula is C64H102O6. The summed E-state index contributed by atoms with van der Waals surface area (Å²) >= 11 is 0. The van der Waals surface area contributed by atoms with Gasteiger partial charge in [-0.3, -0.25) is 14.4 Å².